The quantitative estimate of drug-likeness (QED) is 0.726. The number of aromatic amines is 1. The van der Waals surface area contributed by atoms with E-state index in [1.807, 2.05) is 13.0 Å². The summed E-state index contributed by atoms with van der Waals surface area (Å²) in [5.41, 5.74) is 7.28. The number of aryl methyl sites for hydroxylation is 2. The Morgan fingerprint density at radius 2 is 1.96 bits per heavy atom. The van der Waals surface area contributed by atoms with Gasteiger partial charge in [-0.3, -0.25) is 14.4 Å². The number of pyridine rings is 1. The van der Waals surface area contributed by atoms with E-state index in [9.17, 15) is 14.4 Å². The summed E-state index contributed by atoms with van der Waals surface area (Å²) in [6.07, 6.45) is 0. The Morgan fingerprint density at radius 1 is 1.25 bits per heavy atom. The number of hydrogen-bond donors (Lipinski definition) is 3. The molecule has 7 nitrogen and oxygen atoms in total. The average Bonchev–Trinajstić information content (AvgIpc) is 2.52. The highest BCUT2D eigenvalue weighted by Crippen LogP contribution is 2.16. The van der Waals surface area contributed by atoms with Crippen LogP contribution in [0, 0.1) is 13.8 Å². The van der Waals surface area contributed by atoms with E-state index < -0.39 is 11.8 Å². The number of H-pyrrole nitrogens is 1. The first kappa shape index (κ1) is 17.3. The molecule has 0 aliphatic rings. The molecule has 1 aromatic heterocycles. The number of para-hydroxylation sites is 1. The van der Waals surface area contributed by atoms with E-state index in [-0.39, 0.29) is 30.0 Å². The Labute approximate surface area is 138 Å². The first-order chi connectivity index (χ1) is 11.4. The maximum absolute atomic E-state index is 11.9. The molecule has 1 aromatic carbocycles. The second kappa shape index (κ2) is 7.45. The molecule has 0 aliphatic heterocycles. The van der Waals surface area contributed by atoms with E-state index in [0.717, 1.165) is 11.3 Å². The van der Waals surface area contributed by atoms with Crippen molar-refractivity contribution in [1.82, 2.24) is 10.3 Å². The highest BCUT2D eigenvalue weighted by atomic mass is 16.5. The van der Waals surface area contributed by atoms with Crippen LogP contribution in [0.25, 0.3) is 0 Å². The number of nitrogens with two attached hydrogens (primary N) is 1. The predicted octanol–water partition coefficient (Wildman–Crippen LogP) is 0.786. The van der Waals surface area contributed by atoms with Gasteiger partial charge in [-0.05, 0) is 37.6 Å². The fourth-order valence-electron chi connectivity index (χ4n) is 2.28. The molecule has 24 heavy (non-hydrogen) atoms. The molecular formula is C17H19N3O4. The zero-order valence-corrected chi connectivity index (χ0v) is 13.5. The van der Waals surface area contributed by atoms with Gasteiger partial charge < -0.3 is 20.8 Å². The van der Waals surface area contributed by atoms with Gasteiger partial charge in [-0.1, -0.05) is 12.1 Å². The Hall–Kier alpha value is -3.09. The van der Waals surface area contributed by atoms with Crippen LogP contribution in [-0.2, 0) is 11.3 Å². The van der Waals surface area contributed by atoms with Crippen LogP contribution in [0.4, 0.5) is 0 Å². The highest BCUT2D eigenvalue weighted by molar-refractivity contribution is 5.95. The Bertz CT molecular complexity index is 827. The number of hydrogen-bond acceptors (Lipinski definition) is 4. The molecule has 2 aromatic rings. The van der Waals surface area contributed by atoms with Crippen molar-refractivity contribution in [2.45, 2.75) is 20.4 Å². The molecule has 0 fully saturated rings. The molecule has 0 atom stereocenters. The second-order valence-electron chi connectivity index (χ2n) is 5.37. The summed E-state index contributed by atoms with van der Waals surface area (Å²) < 4.78 is 5.33. The lowest BCUT2D eigenvalue weighted by Crippen LogP contribution is -2.31. The average molecular weight is 329 g/mol. The van der Waals surface area contributed by atoms with Crippen molar-refractivity contribution < 1.29 is 14.3 Å². The Balaban J connectivity index is 1.96. The van der Waals surface area contributed by atoms with Crippen LogP contribution in [0.1, 0.15) is 27.2 Å². The molecule has 0 radical (unpaired) electrons. The van der Waals surface area contributed by atoms with Gasteiger partial charge in [0.1, 0.15) is 5.75 Å². The van der Waals surface area contributed by atoms with Gasteiger partial charge in [0.05, 0.1) is 5.56 Å². The summed E-state index contributed by atoms with van der Waals surface area (Å²) in [5, 5.41) is 2.62. The van der Waals surface area contributed by atoms with Crippen molar-refractivity contribution in [2.24, 2.45) is 5.73 Å². The predicted molar refractivity (Wildman–Crippen MR) is 88.8 cm³/mol. The number of carbonyl (C=O) groups excluding carboxylic acids is 2. The smallest absolute Gasteiger partial charge is 0.258 e. The van der Waals surface area contributed by atoms with Crippen LogP contribution in [-0.4, -0.2) is 23.4 Å². The number of rotatable bonds is 6. The van der Waals surface area contributed by atoms with Gasteiger partial charge in [0.25, 0.3) is 17.4 Å². The number of nitrogens with one attached hydrogen (secondary N) is 2. The number of carbonyl (C=O) groups is 2. The SMILES string of the molecule is Cc1cc(C)c(CNC(=O)COc2ccccc2C(N)=O)c(=O)[nH]1. The van der Waals surface area contributed by atoms with Crippen LogP contribution in [0.3, 0.4) is 0 Å². The van der Waals surface area contributed by atoms with Crippen LogP contribution in [0.15, 0.2) is 35.1 Å². The van der Waals surface area contributed by atoms with Crippen LogP contribution >= 0.6 is 0 Å². The van der Waals surface area contributed by atoms with Crippen LogP contribution in [0.5, 0.6) is 5.75 Å². The number of amides is 2. The minimum absolute atomic E-state index is 0.0983. The summed E-state index contributed by atoms with van der Waals surface area (Å²) in [4.78, 5) is 37.8. The van der Waals surface area contributed by atoms with Gasteiger partial charge in [0.15, 0.2) is 6.61 Å². The van der Waals surface area contributed by atoms with Crippen LogP contribution in [0.2, 0.25) is 0 Å². The molecule has 1 heterocycles. The largest absolute Gasteiger partial charge is 0.483 e. The van der Waals surface area contributed by atoms with E-state index in [1.165, 1.54) is 6.07 Å². The summed E-state index contributed by atoms with van der Waals surface area (Å²) >= 11 is 0. The normalized spacial score (nSPS) is 10.2. The maximum atomic E-state index is 11.9. The lowest BCUT2D eigenvalue weighted by atomic mass is 10.1. The molecule has 4 N–H and O–H groups in total. The van der Waals surface area contributed by atoms with Gasteiger partial charge in [-0.15, -0.1) is 0 Å². The lowest BCUT2D eigenvalue weighted by molar-refractivity contribution is -0.123. The van der Waals surface area contributed by atoms with E-state index in [0.29, 0.717) is 5.56 Å². The minimum Gasteiger partial charge on any atom is -0.483 e. The molecule has 0 saturated heterocycles. The zero-order chi connectivity index (χ0) is 17.7. The van der Waals surface area contributed by atoms with E-state index in [2.05, 4.69) is 10.3 Å². The van der Waals surface area contributed by atoms with Gasteiger partial charge >= 0.3 is 0 Å². The zero-order valence-electron chi connectivity index (χ0n) is 13.5. The number of aromatic nitrogens is 1. The Kier molecular flexibility index (Phi) is 5.36. The molecule has 2 rings (SSSR count). The molecule has 7 heteroatoms. The molecule has 2 amide bonds. The van der Waals surface area contributed by atoms with Crippen molar-refractivity contribution in [3.63, 3.8) is 0 Å². The third kappa shape index (κ3) is 4.22. The standard InChI is InChI=1S/C17H19N3O4/c1-10-7-11(2)20-17(23)13(10)8-19-15(21)9-24-14-6-4-3-5-12(14)16(18)22/h3-7H,8-9H2,1-2H3,(H2,18,22)(H,19,21)(H,20,23). The van der Waals surface area contributed by atoms with Crippen molar-refractivity contribution in [3.05, 3.63) is 63.1 Å². The third-order valence-corrected chi connectivity index (χ3v) is 3.47. The van der Waals surface area contributed by atoms with Gasteiger partial charge in [-0.25, -0.2) is 0 Å². The molecule has 0 unspecified atom stereocenters. The maximum Gasteiger partial charge on any atom is 0.258 e. The van der Waals surface area contributed by atoms with Crippen molar-refractivity contribution in [1.29, 1.82) is 0 Å². The summed E-state index contributed by atoms with van der Waals surface area (Å²) in [5.74, 6) is -0.800. The fourth-order valence-corrected chi connectivity index (χ4v) is 2.28. The van der Waals surface area contributed by atoms with Gasteiger partial charge in [0, 0.05) is 17.8 Å². The highest BCUT2D eigenvalue weighted by Gasteiger charge is 2.11. The molecular weight excluding hydrogens is 310 g/mol. The van der Waals surface area contributed by atoms with Crippen molar-refractivity contribution in [3.8, 4) is 5.75 Å². The molecule has 0 spiro atoms. The fraction of sp³-hybridized carbons (Fsp3) is 0.235. The van der Waals surface area contributed by atoms with E-state index in [4.69, 9.17) is 10.5 Å². The molecule has 0 saturated carbocycles. The summed E-state index contributed by atoms with van der Waals surface area (Å²) in [6.45, 7) is 3.42. The molecule has 0 bridgehead atoms. The summed E-state index contributed by atoms with van der Waals surface area (Å²) in [7, 11) is 0. The third-order valence-electron chi connectivity index (χ3n) is 3.47. The first-order valence-corrected chi connectivity index (χ1v) is 7.36. The Morgan fingerprint density at radius 3 is 2.62 bits per heavy atom. The molecule has 0 aliphatic carbocycles. The van der Waals surface area contributed by atoms with Crippen LogP contribution < -0.4 is 21.3 Å². The number of benzene rings is 1. The monoisotopic (exact) mass is 329 g/mol. The van der Waals surface area contributed by atoms with E-state index >= 15 is 0 Å². The number of ether oxygens (including phenoxy) is 1. The number of primary amides is 1. The summed E-state index contributed by atoms with van der Waals surface area (Å²) in [6, 6.07) is 8.24. The van der Waals surface area contributed by atoms with Crippen molar-refractivity contribution in [2.75, 3.05) is 6.61 Å². The van der Waals surface area contributed by atoms with Crippen molar-refractivity contribution >= 4 is 11.8 Å². The first-order valence-electron chi connectivity index (χ1n) is 7.36. The van der Waals surface area contributed by atoms with Gasteiger partial charge in [0.2, 0.25) is 0 Å². The second-order valence-corrected chi connectivity index (χ2v) is 5.37. The molecule has 126 valence electrons. The lowest BCUT2D eigenvalue weighted by Gasteiger charge is -2.10. The topological polar surface area (TPSA) is 114 Å². The minimum atomic E-state index is -0.632. The van der Waals surface area contributed by atoms with E-state index in [1.54, 1.807) is 25.1 Å². The van der Waals surface area contributed by atoms with Gasteiger partial charge in [-0.2, -0.15) is 0 Å².